The van der Waals surface area contributed by atoms with Gasteiger partial charge in [-0.15, -0.1) is 0 Å². The highest BCUT2D eigenvalue weighted by Gasteiger charge is 2.03. The summed E-state index contributed by atoms with van der Waals surface area (Å²) < 4.78 is 5.61. The zero-order chi connectivity index (χ0) is 13.4. The molecule has 1 aromatic rings. The molecule has 1 N–H and O–H groups in total. The van der Waals surface area contributed by atoms with Crippen molar-refractivity contribution in [3.8, 4) is 5.88 Å². The van der Waals surface area contributed by atoms with E-state index in [1.165, 1.54) is 5.56 Å². The minimum atomic E-state index is 0.482. The Bertz CT molecular complexity index is 386. The van der Waals surface area contributed by atoms with Crippen molar-refractivity contribution in [3.63, 3.8) is 0 Å². The van der Waals surface area contributed by atoms with E-state index in [1.54, 1.807) is 0 Å². The average Bonchev–Trinajstić information content (AvgIpc) is 2.36. The van der Waals surface area contributed by atoms with Crippen LogP contribution in [0.3, 0.4) is 0 Å². The van der Waals surface area contributed by atoms with Crippen LogP contribution in [0.4, 0.5) is 0 Å². The van der Waals surface area contributed by atoms with Gasteiger partial charge in [0.2, 0.25) is 5.88 Å². The quantitative estimate of drug-likeness (QED) is 0.753. The molecule has 0 bridgehead atoms. The smallest absolute Gasteiger partial charge is 0.214 e. The van der Waals surface area contributed by atoms with Crippen LogP contribution < -0.4 is 10.1 Å². The van der Waals surface area contributed by atoms with Crippen molar-refractivity contribution in [3.05, 3.63) is 35.5 Å². The Hall–Kier alpha value is -1.35. The van der Waals surface area contributed by atoms with Crippen LogP contribution >= 0.6 is 0 Å². The Morgan fingerprint density at radius 3 is 2.78 bits per heavy atom. The lowest BCUT2D eigenvalue weighted by Gasteiger charge is -2.11. The number of hydrogen-bond donors (Lipinski definition) is 1. The standard InChI is InChI=1S/C15H24N2O/c1-5-7-8-18-15-10-13(11-16-12(3)4)9-14(6-2)17-15/h5,7,9-10,12,16H,6,8,11H2,1-4H3/b7-5+. The number of ether oxygens (including phenoxy) is 1. The van der Waals surface area contributed by atoms with Crippen molar-refractivity contribution >= 4 is 0 Å². The molecular weight excluding hydrogens is 224 g/mol. The van der Waals surface area contributed by atoms with Crippen molar-refractivity contribution in [2.45, 2.75) is 46.7 Å². The third kappa shape index (κ3) is 5.32. The van der Waals surface area contributed by atoms with Crippen molar-refractivity contribution < 1.29 is 4.74 Å². The lowest BCUT2D eigenvalue weighted by molar-refractivity contribution is 0.346. The van der Waals surface area contributed by atoms with Gasteiger partial charge < -0.3 is 10.1 Å². The van der Waals surface area contributed by atoms with Gasteiger partial charge in [0.1, 0.15) is 6.61 Å². The predicted octanol–water partition coefficient (Wildman–Crippen LogP) is 3.10. The van der Waals surface area contributed by atoms with Gasteiger partial charge in [0.15, 0.2) is 0 Å². The maximum Gasteiger partial charge on any atom is 0.214 e. The molecule has 0 aromatic carbocycles. The van der Waals surface area contributed by atoms with Gasteiger partial charge in [-0.3, -0.25) is 0 Å². The second kappa shape index (κ2) is 7.88. The highest BCUT2D eigenvalue weighted by Crippen LogP contribution is 2.13. The first-order chi connectivity index (χ1) is 8.65. The summed E-state index contributed by atoms with van der Waals surface area (Å²) in [6.45, 7) is 9.81. The first kappa shape index (κ1) is 14.7. The predicted molar refractivity (Wildman–Crippen MR) is 75.9 cm³/mol. The molecule has 0 amide bonds. The first-order valence-electron chi connectivity index (χ1n) is 6.62. The van der Waals surface area contributed by atoms with Gasteiger partial charge in [-0.2, -0.15) is 0 Å². The molecule has 1 aromatic heterocycles. The molecule has 0 spiro atoms. The third-order valence-corrected chi connectivity index (χ3v) is 2.55. The minimum absolute atomic E-state index is 0.482. The minimum Gasteiger partial charge on any atom is -0.473 e. The molecule has 0 fully saturated rings. The molecule has 1 heterocycles. The van der Waals surface area contributed by atoms with Gasteiger partial charge >= 0.3 is 0 Å². The summed E-state index contributed by atoms with van der Waals surface area (Å²) in [6, 6.07) is 4.63. The molecule has 0 saturated heterocycles. The second-order valence-corrected chi connectivity index (χ2v) is 4.57. The van der Waals surface area contributed by atoms with Crippen LogP contribution in [0.25, 0.3) is 0 Å². The molecule has 18 heavy (non-hydrogen) atoms. The van der Waals surface area contributed by atoms with Crippen LogP contribution in [-0.2, 0) is 13.0 Å². The molecule has 0 aliphatic heterocycles. The average molecular weight is 248 g/mol. The topological polar surface area (TPSA) is 34.1 Å². The molecule has 0 radical (unpaired) electrons. The Balaban J connectivity index is 2.73. The Morgan fingerprint density at radius 2 is 2.17 bits per heavy atom. The number of pyridine rings is 1. The van der Waals surface area contributed by atoms with E-state index in [2.05, 4.69) is 37.1 Å². The fourth-order valence-electron chi connectivity index (χ4n) is 1.53. The molecule has 100 valence electrons. The maximum atomic E-state index is 5.61. The third-order valence-electron chi connectivity index (χ3n) is 2.55. The summed E-state index contributed by atoms with van der Waals surface area (Å²) in [5.74, 6) is 0.716. The number of rotatable bonds is 7. The summed E-state index contributed by atoms with van der Waals surface area (Å²) in [5.41, 5.74) is 2.31. The van der Waals surface area contributed by atoms with Crippen molar-refractivity contribution in [1.29, 1.82) is 0 Å². The van der Waals surface area contributed by atoms with Crippen molar-refractivity contribution in [2.24, 2.45) is 0 Å². The van der Waals surface area contributed by atoms with E-state index in [0.717, 1.165) is 18.7 Å². The highest BCUT2D eigenvalue weighted by molar-refractivity contribution is 5.25. The number of hydrogen-bond acceptors (Lipinski definition) is 3. The highest BCUT2D eigenvalue weighted by atomic mass is 16.5. The molecule has 3 nitrogen and oxygen atoms in total. The Kier molecular flexibility index (Phi) is 6.44. The molecule has 0 saturated carbocycles. The molecular formula is C15H24N2O. The van der Waals surface area contributed by atoms with Crippen LogP contribution in [0, 0.1) is 0 Å². The maximum absolute atomic E-state index is 5.61. The van der Waals surface area contributed by atoms with Gasteiger partial charge in [0.05, 0.1) is 0 Å². The van der Waals surface area contributed by atoms with Crippen LogP contribution in [0.5, 0.6) is 5.88 Å². The zero-order valence-electron chi connectivity index (χ0n) is 11.9. The van der Waals surface area contributed by atoms with Gasteiger partial charge in [0.25, 0.3) is 0 Å². The Labute approximate surface area is 110 Å². The Morgan fingerprint density at radius 1 is 1.39 bits per heavy atom. The number of allylic oxidation sites excluding steroid dienone is 1. The van der Waals surface area contributed by atoms with E-state index in [9.17, 15) is 0 Å². The van der Waals surface area contributed by atoms with Crippen LogP contribution in [0.15, 0.2) is 24.3 Å². The zero-order valence-corrected chi connectivity index (χ0v) is 11.9. The molecule has 0 aliphatic carbocycles. The van der Waals surface area contributed by atoms with Crippen LogP contribution in [0.2, 0.25) is 0 Å². The number of nitrogens with zero attached hydrogens (tertiary/aromatic N) is 1. The molecule has 0 aliphatic rings. The van der Waals surface area contributed by atoms with Crippen LogP contribution in [-0.4, -0.2) is 17.6 Å². The SMILES string of the molecule is C/C=C/COc1cc(CNC(C)C)cc(CC)n1. The van der Waals surface area contributed by atoms with E-state index in [1.807, 2.05) is 25.1 Å². The van der Waals surface area contributed by atoms with Gasteiger partial charge in [-0.25, -0.2) is 4.98 Å². The number of aryl methyl sites for hydroxylation is 1. The van der Waals surface area contributed by atoms with E-state index in [4.69, 9.17) is 4.74 Å². The van der Waals surface area contributed by atoms with Gasteiger partial charge in [-0.05, 0) is 25.0 Å². The van der Waals surface area contributed by atoms with Gasteiger partial charge in [-0.1, -0.05) is 32.9 Å². The summed E-state index contributed by atoms with van der Waals surface area (Å²) in [4.78, 5) is 4.47. The lowest BCUT2D eigenvalue weighted by Crippen LogP contribution is -2.22. The summed E-state index contributed by atoms with van der Waals surface area (Å²) in [7, 11) is 0. The normalized spacial score (nSPS) is 11.4. The van der Waals surface area contributed by atoms with Crippen molar-refractivity contribution in [2.75, 3.05) is 6.61 Å². The molecule has 0 atom stereocenters. The summed E-state index contributed by atoms with van der Waals surface area (Å²) >= 11 is 0. The number of aromatic nitrogens is 1. The fourth-order valence-corrected chi connectivity index (χ4v) is 1.53. The van der Waals surface area contributed by atoms with E-state index < -0.39 is 0 Å². The van der Waals surface area contributed by atoms with E-state index >= 15 is 0 Å². The van der Waals surface area contributed by atoms with E-state index in [-0.39, 0.29) is 0 Å². The molecule has 3 heteroatoms. The first-order valence-corrected chi connectivity index (χ1v) is 6.62. The van der Waals surface area contributed by atoms with E-state index in [0.29, 0.717) is 18.5 Å². The van der Waals surface area contributed by atoms with Crippen molar-refractivity contribution in [1.82, 2.24) is 10.3 Å². The molecule has 0 unspecified atom stereocenters. The molecule has 1 rings (SSSR count). The lowest BCUT2D eigenvalue weighted by atomic mass is 10.2. The summed E-state index contributed by atoms with van der Waals surface area (Å²) in [6.07, 6.45) is 4.88. The summed E-state index contributed by atoms with van der Waals surface area (Å²) in [5, 5.41) is 3.41. The number of nitrogens with one attached hydrogen (secondary N) is 1. The van der Waals surface area contributed by atoms with Crippen LogP contribution in [0.1, 0.15) is 39.0 Å². The fraction of sp³-hybridized carbons (Fsp3) is 0.533. The largest absolute Gasteiger partial charge is 0.473 e. The van der Waals surface area contributed by atoms with Gasteiger partial charge in [0, 0.05) is 24.3 Å². The monoisotopic (exact) mass is 248 g/mol. The second-order valence-electron chi connectivity index (χ2n) is 4.57.